The van der Waals surface area contributed by atoms with Gasteiger partial charge in [-0.3, -0.25) is 4.79 Å². The number of benzene rings is 2. The summed E-state index contributed by atoms with van der Waals surface area (Å²) >= 11 is 0. The van der Waals surface area contributed by atoms with Crippen LogP contribution in [-0.2, 0) is 19.1 Å². The first-order valence-corrected chi connectivity index (χ1v) is 11.0. The summed E-state index contributed by atoms with van der Waals surface area (Å²) in [5, 5.41) is 14.6. The Morgan fingerprint density at radius 3 is 2.27 bits per heavy atom. The number of nitrogens with one attached hydrogen (secondary N) is 2. The summed E-state index contributed by atoms with van der Waals surface area (Å²) in [4.78, 5) is 36.4. The number of hydrogen-bond donors (Lipinski definition) is 3. The van der Waals surface area contributed by atoms with E-state index in [0.717, 1.165) is 22.3 Å². The molecule has 0 bridgehead atoms. The van der Waals surface area contributed by atoms with Gasteiger partial charge < -0.3 is 25.2 Å². The van der Waals surface area contributed by atoms with Gasteiger partial charge in [0.25, 0.3) is 0 Å². The van der Waals surface area contributed by atoms with Gasteiger partial charge in [-0.05, 0) is 42.5 Å². The van der Waals surface area contributed by atoms with Crippen LogP contribution in [0.5, 0.6) is 0 Å². The van der Waals surface area contributed by atoms with Gasteiger partial charge in [-0.25, -0.2) is 9.59 Å². The van der Waals surface area contributed by atoms with Crippen LogP contribution in [0.2, 0.25) is 0 Å². The minimum absolute atomic E-state index is 0.0425. The molecule has 8 nitrogen and oxygen atoms in total. The number of carboxylic acid groups (broad SMARTS) is 1. The Hall–Kier alpha value is -3.39. The van der Waals surface area contributed by atoms with Crippen molar-refractivity contribution < 1.29 is 29.0 Å². The zero-order valence-electron chi connectivity index (χ0n) is 18.7. The van der Waals surface area contributed by atoms with E-state index in [0.29, 0.717) is 6.42 Å². The number of alkyl carbamates (subject to hydrolysis) is 1. The van der Waals surface area contributed by atoms with Crippen molar-refractivity contribution in [3.05, 3.63) is 59.7 Å². The maximum absolute atomic E-state index is 12.7. The fraction of sp³-hybridized carbons (Fsp3) is 0.400. The van der Waals surface area contributed by atoms with Gasteiger partial charge in [-0.1, -0.05) is 48.5 Å². The number of carbonyl (C=O) groups is 3. The summed E-state index contributed by atoms with van der Waals surface area (Å²) < 4.78 is 10.7. The summed E-state index contributed by atoms with van der Waals surface area (Å²) in [5.74, 6) is -1.51. The number of fused-ring (bicyclic) bond motifs is 3. The molecule has 4 rings (SSSR count). The normalized spacial score (nSPS) is 19.5. The van der Waals surface area contributed by atoms with Gasteiger partial charge in [0, 0.05) is 19.1 Å². The Balaban J connectivity index is 1.31. The van der Waals surface area contributed by atoms with Gasteiger partial charge in [0.1, 0.15) is 6.61 Å². The molecule has 2 amide bonds. The van der Waals surface area contributed by atoms with Crippen LogP contribution in [0.3, 0.4) is 0 Å². The third-order valence-electron chi connectivity index (χ3n) is 6.28. The van der Waals surface area contributed by atoms with Crippen LogP contribution in [0, 0.1) is 5.41 Å². The number of hydrogen-bond acceptors (Lipinski definition) is 5. The van der Waals surface area contributed by atoms with Crippen LogP contribution in [0.15, 0.2) is 48.5 Å². The summed E-state index contributed by atoms with van der Waals surface area (Å²) in [6.45, 7) is 3.86. The van der Waals surface area contributed by atoms with Crippen molar-refractivity contribution in [3.63, 3.8) is 0 Å². The summed E-state index contributed by atoms with van der Waals surface area (Å²) in [7, 11) is 0. The maximum atomic E-state index is 12.7. The Morgan fingerprint density at radius 1 is 1.06 bits per heavy atom. The molecule has 1 saturated heterocycles. The molecule has 0 aromatic heterocycles. The molecule has 3 N–H and O–H groups in total. The quantitative estimate of drug-likeness (QED) is 0.595. The lowest BCUT2D eigenvalue weighted by molar-refractivity contribution is -0.148. The predicted molar refractivity (Wildman–Crippen MR) is 121 cm³/mol. The van der Waals surface area contributed by atoms with E-state index < -0.39 is 29.6 Å². The Bertz CT molecular complexity index is 1020. The summed E-state index contributed by atoms with van der Waals surface area (Å²) in [5.41, 5.74) is 3.58. The molecular formula is C25H28N2O6. The molecule has 174 valence electrons. The lowest BCUT2D eigenvalue weighted by Gasteiger charge is -2.27. The van der Waals surface area contributed by atoms with Gasteiger partial charge in [-0.2, -0.15) is 0 Å². The van der Waals surface area contributed by atoms with Crippen LogP contribution in [-0.4, -0.2) is 55.0 Å². The van der Waals surface area contributed by atoms with Crippen molar-refractivity contribution in [3.8, 4) is 11.1 Å². The first kappa shape index (κ1) is 22.8. The average Bonchev–Trinajstić information content (AvgIpc) is 3.39. The van der Waals surface area contributed by atoms with E-state index in [1.165, 1.54) is 0 Å². The Labute approximate surface area is 192 Å². The lowest BCUT2D eigenvalue weighted by atomic mass is 9.91. The molecule has 1 aliphatic heterocycles. The zero-order valence-corrected chi connectivity index (χ0v) is 18.7. The van der Waals surface area contributed by atoms with E-state index >= 15 is 0 Å². The molecule has 1 aliphatic carbocycles. The predicted octanol–water partition coefficient (Wildman–Crippen LogP) is 2.91. The molecular weight excluding hydrogens is 424 g/mol. The van der Waals surface area contributed by atoms with Crippen LogP contribution in [0.4, 0.5) is 4.79 Å². The van der Waals surface area contributed by atoms with Gasteiger partial charge in [0.05, 0.1) is 11.5 Å². The molecule has 2 unspecified atom stereocenters. The van der Waals surface area contributed by atoms with Crippen LogP contribution >= 0.6 is 0 Å². The molecule has 33 heavy (non-hydrogen) atoms. The van der Waals surface area contributed by atoms with Gasteiger partial charge in [0.2, 0.25) is 5.91 Å². The second kappa shape index (κ2) is 9.23. The minimum Gasteiger partial charge on any atom is -0.479 e. The van der Waals surface area contributed by atoms with Crippen molar-refractivity contribution in [1.29, 1.82) is 0 Å². The third kappa shape index (κ3) is 4.71. The molecule has 1 fully saturated rings. The van der Waals surface area contributed by atoms with E-state index in [-0.39, 0.29) is 31.6 Å². The average molecular weight is 453 g/mol. The Morgan fingerprint density at radius 2 is 1.67 bits per heavy atom. The molecule has 2 aromatic rings. The number of ether oxygens (including phenoxy) is 2. The highest BCUT2D eigenvalue weighted by atomic mass is 16.5. The van der Waals surface area contributed by atoms with Crippen LogP contribution in [0.1, 0.15) is 37.3 Å². The number of rotatable bonds is 7. The van der Waals surface area contributed by atoms with Gasteiger partial charge in [0.15, 0.2) is 6.10 Å². The molecule has 8 heteroatoms. The smallest absolute Gasteiger partial charge is 0.407 e. The zero-order chi connectivity index (χ0) is 23.6. The molecule has 2 aliphatic rings. The van der Waals surface area contributed by atoms with Crippen molar-refractivity contribution in [2.75, 3.05) is 19.8 Å². The number of carboxylic acids is 1. The van der Waals surface area contributed by atoms with E-state index in [1.54, 1.807) is 13.8 Å². The first-order chi connectivity index (χ1) is 15.8. The van der Waals surface area contributed by atoms with Crippen LogP contribution in [0.25, 0.3) is 11.1 Å². The van der Waals surface area contributed by atoms with Gasteiger partial charge >= 0.3 is 12.1 Å². The fourth-order valence-corrected chi connectivity index (χ4v) is 4.37. The number of aliphatic carboxylic acids is 1. The third-order valence-corrected chi connectivity index (χ3v) is 6.28. The van der Waals surface area contributed by atoms with E-state index in [1.807, 2.05) is 36.4 Å². The van der Waals surface area contributed by atoms with Crippen LogP contribution < -0.4 is 10.6 Å². The number of carbonyl (C=O) groups excluding carboxylic acids is 2. The topological polar surface area (TPSA) is 114 Å². The SMILES string of the molecule is CC(C)(CNC(=O)OCC1c2ccccc2-c2ccccc21)C(=O)NC1CCOC1C(=O)O. The first-order valence-electron chi connectivity index (χ1n) is 11.0. The molecule has 0 saturated carbocycles. The van der Waals surface area contributed by atoms with Crippen molar-refractivity contribution >= 4 is 18.0 Å². The molecule has 0 radical (unpaired) electrons. The van der Waals surface area contributed by atoms with E-state index in [4.69, 9.17) is 9.47 Å². The highest BCUT2D eigenvalue weighted by molar-refractivity contribution is 5.84. The molecule has 2 aromatic carbocycles. The maximum Gasteiger partial charge on any atom is 0.407 e. The van der Waals surface area contributed by atoms with E-state index in [9.17, 15) is 19.5 Å². The largest absolute Gasteiger partial charge is 0.479 e. The van der Waals surface area contributed by atoms with Crippen molar-refractivity contribution in [2.24, 2.45) is 5.41 Å². The standard InChI is InChI=1S/C25H28N2O6/c1-25(2,23(30)27-20-11-12-32-21(20)22(28)29)14-26-24(31)33-13-19-17-9-5-3-7-15(17)16-8-4-6-10-18(16)19/h3-10,19-21H,11-14H2,1-2H3,(H,26,31)(H,27,30)(H,28,29). The summed E-state index contributed by atoms with van der Waals surface area (Å²) in [6.07, 6.45) is -1.23. The summed E-state index contributed by atoms with van der Waals surface area (Å²) in [6, 6.07) is 15.6. The highest BCUT2D eigenvalue weighted by Gasteiger charge is 2.38. The molecule has 1 heterocycles. The lowest BCUT2D eigenvalue weighted by Crippen LogP contribution is -2.51. The minimum atomic E-state index is -1.10. The fourth-order valence-electron chi connectivity index (χ4n) is 4.37. The highest BCUT2D eigenvalue weighted by Crippen LogP contribution is 2.44. The Kier molecular flexibility index (Phi) is 6.37. The molecule has 2 atom stereocenters. The van der Waals surface area contributed by atoms with Gasteiger partial charge in [-0.15, -0.1) is 0 Å². The monoisotopic (exact) mass is 452 g/mol. The van der Waals surface area contributed by atoms with Crippen molar-refractivity contribution in [2.45, 2.75) is 38.3 Å². The number of amides is 2. The second-order valence-electron chi connectivity index (χ2n) is 9.06. The molecule has 0 spiro atoms. The second-order valence-corrected chi connectivity index (χ2v) is 9.06. The van der Waals surface area contributed by atoms with Crippen molar-refractivity contribution in [1.82, 2.24) is 10.6 Å². The van der Waals surface area contributed by atoms with E-state index in [2.05, 4.69) is 22.8 Å².